The van der Waals surface area contributed by atoms with Gasteiger partial charge in [0.15, 0.2) is 5.78 Å². The molecule has 1 amide bonds. The average Bonchev–Trinajstić information content (AvgIpc) is 2.44. The Morgan fingerprint density at radius 3 is 2.38 bits per heavy atom. The lowest BCUT2D eigenvalue weighted by Crippen LogP contribution is -2.44. The van der Waals surface area contributed by atoms with Gasteiger partial charge < -0.3 is 15.2 Å². The molecule has 0 aliphatic rings. The Kier molecular flexibility index (Phi) is 6.33. The highest BCUT2D eigenvalue weighted by Crippen LogP contribution is 2.23. The number of Topliss-reactive ketones (excluding diaryl/α,β-unsaturated/α-hetero) is 1. The Balaban J connectivity index is 2.91. The second-order valence-electron chi connectivity index (χ2n) is 5.04. The number of hydrogen-bond acceptors (Lipinski definition) is 4. The number of benzene rings is 1. The summed E-state index contributed by atoms with van der Waals surface area (Å²) in [6.07, 6.45) is -6.84. The topological polar surface area (TPSA) is 92.7 Å². The van der Waals surface area contributed by atoms with Gasteiger partial charge in [0.1, 0.15) is 11.8 Å². The number of carbonyl (C=O) groups is 3. The van der Waals surface area contributed by atoms with E-state index in [0.717, 1.165) is 0 Å². The van der Waals surface area contributed by atoms with E-state index in [1.54, 1.807) is 0 Å². The summed E-state index contributed by atoms with van der Waals surface area (Å²) in [4.78, 5) is 34.1. The van der Waals surface area contributed by atoms with Gasteiger partial charge in [0.2, 0.25) is 5.91 Å². The van der Waals surface area contributed by atoms with Crippen LogP contribution in [0.3, 0.4) is 0 Å². The summed E-state index contributed by atoms with van der Waals surface area (Å²) in [7, 11) is 1.33. The van der Waals surface area contributed by atoms with Crippen LogP contribution in [-0.4, -0.2) is 42.1 Å². The van der Waals surface area contributed by atoms with E-state index >= 15 is 0 Å². The Hall–Kier alpha value is -2.58. The fourth-order valence-corrected chi connectivity index (χ4v) is 1.99. The zero-order valence-electron chi connectivity index (χ0n) is 12.9. The van der Waals surface area contributed by atoms with E-state index in [4.69, 9.17) is 9.84 Å². The SMILES string of the molecule is COc1ccc(C(C)=O)cc1CC(=O)NC(CC(F)(F)F)C(=O)O. The van der Waals surface area contributed by atoms with Gasteiger partial charge in [-0.3, -0.25) is 9.59 Å². The molecule has 0 radical (unpaired) electrons. The third-order valence-electron chi connectivity index (χ3n) is 3.11. The van der Waals surface area contributed by atoms with Crippen LogP contribution in [0.25, 0.3) is 0 Å². The number of nitrogens with one attached hydrogen (secondary N) is 1. The summed E-state index contributed by atoms with van der Waals surface area (Å²) in [5.41, 5.74) is 0.558. The number of ether oxygens (including phenoxy) is 1. The number of halogens is 3. The van der Waals surface area contributed by atoms with Crippen molar-refractivity contribution in [1.82, 2.24) is 5.32 Å². The van der Waals surface area contributed by atoms with Gasteiger partial charge in [-0.2, -0.15) is 13.2 Å². The number of carboxylic acid groups (broad SMARTS) is 1. The molecule has 0 saturated heterocycles. The first-order chi connectivity index (χ1) is 11.0. The normalized spacial score (nSPS) is 12.4. The molecule has 24 heavy (non-hydrogen) atoms. The number of hydrogen-bond donors (Lipinski definition) is 2. The van der Waals surface area contributed by atoms with Crippen LogP contribution < -0.4 is 10.1 Å². The summed E-state index contributed by atoms with van der Waals surface area (Å²) >= 11 is 0. The molecule has 1 aromatic rings. The van der Waals surface area contributed by atoms with Crippen LogP contribution >= 0.6 is 0 Å². The highest BCUT2D eigenvalue weighted by Gasteiger charge is 2.36. The quantitative estimate of drug-likeness (QED) is 0.736. The number of carboxylic acids is 1. The van der Waals surface area contributed by atoms with Crippen molar-refractivity contribution in [3.05, 3.63) is 29.3 Å². The first kappa shape index (κ1) is 19.5. The zero-order chi connectivity index (χ0) is 18.5. The van der Waals surface area contributed by atoms with Crippen molar-refractivity contribution in [3.63, 3.8) is 0 Å². The maximum absolute atomic E-state index is 12.3. The monoisotopic (exact) mass is 347 g/mol. The molecule has 6 nitrogen and oxygen atoms in total. The van der Waals surface area contributed by atoms with Gasteiger partial charge in [0.25, 0.3) is 0 Å². The molecule has 0 fully saturated rings. The van der Waals surface area contributed by atoms with Crippen molar-refractivity contribution in [3.8, 4) is 5.75 Å². The fraction of sp³-hybridized carbons (Fsp3) is 0.400. The van der Waals surface area contributed by atoms with Crippen molar-refractivity contribution in [2.45, 2.75) is 32.0 Å². The molecule has 2 N–H and O–H groups in total. The maximum atomic E-state index is 12.3. The number of methoxy groups -OCH3 is 1. The van der Waals surface area contributed by atoms with Crippen molar-refractivity contribution in [2.75, 3.05) is 7.11 Å². The van der Waals surface area contributed by atoms with E-state index in [2.05, 4.69) is 0 Å². The predicted molar refractivity (Wildman–Crippen MR) is 76.9 cm³/mol. The Bertz CT molecular complexity index is 642. The van der Waals surface area contributed by atoms with Crippen LogP contribution in [0.4, 0.5) is 13.2 Å². The predicted octanol–water partition coefficient (Wildman–Crippen LogP) is 1.96. The summed E-state index contributed by atoms with van der Waals surface area (Å²) in [5.74, 6) is -2.71. The van der Waals surface area contributed by atoms with E-state index in [0.29, 0.717) is 5.56 Å². The molecule has 0 spiro atoms. The van der Waals surface area contributed by atoms with Crippen LogP contribution in [-0.2, 0) is 16.0 Å². The van der Waals surface area contributed by atoms with E-state index in [-0.39, 0.29) is 17.1 Å². The number of carbonyl (C=O) groups excluding carboxylic acids is 2. The largest absolute Gasteiger partial charge is 0.496 e. The molecule has 0 aliphatic carbocycles. The van der Waals surface area contributed by atoms with Gasteiger partial charge in [0, 0.05) is 11.1 Å². The minimum Gasteiger partial charge on any atom is -0.496 e. The highest BCUT2D eigenvalue weighted by atomic mass is 19.4. The number of aliphatic carboxylic acids is 1. The smallest absolute Gasteiger partial charge is 0.391 e. The second kappa shape index (κ2) is 7.80. The summed E-state index contributed by atoms with van der Waals surface area (Å²) < 4.78 is 42.0. The molecule has 1 unspecified atom stereocenters. The van der Waals surface area contributed by atoms with Crippen molar-refractivity contribution >= 4 is 17.7 Å². The lowest BCUT2D eigenvalue weighted by Gasteiger charge is -2.17. The van der Waals surface area contributed by atoms with Gasteiger partial charge in [-0.25, -0.2) is 4.79 Å². The first-order valence-corrected chi connectivity index (χ1v) is 6.80. The van der Waals surface area contributed by atoms with Crippen molar-refractivity contribution in [2.24, 2.45) is 0 Å². The lowest BCUT2D eigenvalue weighted by molar-refractivity contribution is -0.159. The van der Waals surface area contributed by atoms with Crippen molar-refractivity contribution in [1.29, 1.82) is 0 Å². The van der Waals surface area contributed by atoms with Gasteiger partial charge in [0.05, 0.1) is 20.0 Å². The standard InChI is InChI=1S/C15H16F3NO5/c1-8(20)9-3-4-12(24-2)10(5-9)6-13(21)19-11(14(22)23)7-15(16,17)18/h3-5,11H,6-7H2,1-2H3,(H,19,21)(H,22,23). The van der Waals surface area contributed by atoms with Gasteiger partial charge >= 0.3 is 12.1 Å². The van der Waals surface area contributed by atoms with Crippen LogP contribution in [0, 0.1) is 0 Å². The maximum Gasteiger partial charge on any atom is 0.391 e. The van der Waals surface area contributed by atoms with Crippen LogP contribution in [0.1, 0.15) is 29.3 Å². The number of alkyl halides is 3. The van der Waals surface area contributed by atoms with E-state index in [1.165, 1.54) is 32.2 Å². The number of ketones is 1. The average molecular weight is 347 g/mol. The minimum atomic E-state index is -4.73. The van der Waals surface area contributed by atoms with Gasteiger partial charge in [-0.15, -0.1) is 0 Å². The fourth-order valence-electron chi connectivity index (χ4n) is 1.99. The van der Waals surface area contributed by atoms with E-state index < -0.39 is 36.9 Å². The molecule has 0 heterocycles. The molecule has 0 saturated carbocycles. The van der Waals surface area contributed by atoms with E-state index in [1.807, 2.05) is 5.32 Å². The molecule has 0 aromatic heterocycles. The molecule has 132 valence electrons. The number of amides is 1. The summed E-state index contributed by atoms with van der Waals surface area (Å²) in [5, 5.41) is 10.6. The third kappa shape index (κ3) is 5.90. The Morgan fingerprint density at radius 2 is 1.92 bits per heavy atom. The lowest BCUT2D eigenvalue weighted by atomic mass is 10.0. The van der Waals surface area contributed by atoms with Gasteiger partial charge in [-0.1, -0.05) is 0 Å². The zero-order valence-corrected chi connectivity index (χ0v) is 12.9. The molecule has 1 rings (SSSR count). The highest BCUT2D eigenvalue weighted by molar-refractivity contribution is 5.95. The second-order valence-corrected chi connectivity index (χ2v) is 5.04. The minimum absolute atomic E-state index is 0.262. The Labute approximate surface area is 135 Å². The molecule has 0 bridgehead atoms. The third-order valence-corrected chi connectivity index (χ3v) is 3.11. The molecular formula is C15H16F3NO5. The molecular weight excluding hydrogens is 331 g/mol. The van der Waals surface area contributed by atoms with Crippen molar-refractivity contribution < 1.29 is 37.4 Å². The van der Waals surface area contributed by atoms with Crippen LogP contribution in [0.2, 0.25) is 0 Å². The van der Waals surface area contributed by atoms with E-state index in [9.17, 15) is 27.6 Å². The molecule has 9 heteroatoms. The van der Waals surface area contributed by atoms with Gasteiger partial charge in [-0.05, 0) is 25.1 Å². The molecule has 1 atom stereocenters. The summed E-state index contributed by atoms with van der Waals surface area (Å²) in [6, 6.07) is 2.22. The summed E-state index contributed by atoms with van der Waals surface area (Å²) in [6.45, 7) is 1.31. The molecule has 0 aliphatic heterocycles. The number of rotatable bonds is 7. The first-order valence-electron chi connectivity index (χ1n) is 6.80. The van der Waals surface area contributed by atoms with Crippen LogP contribution in [0.5, 0.6) is 5.75 Å². The molecule has 1 aromatic carbocycles. The van der Waals surface area contributed by atoms with Crippen LogP contribution in [0.15, 0.2) is 18.2 Å². The Morgan fingerprint density at radius 1 is 1.29 bits per heavy atom.